The SMILES string of the molecule is O=C(Nc1ccccn1)c1cccc(O)c1O. The van der Waals surface area contributed by atoms with Crippen LogP contribution in [0, 0.1) is 0 Å². The Balaban J connectivity index is 2.24. The molecule has 0 fully saturated rings. The highest BCUT2D eigenvalue weighted by molar-refractivity contribution is 6.06. The number of phenols is 2. The molecule has 0 radical (unpaired) electrons. The maximum atomic E-state index is 11.8. The number of para-hydroxylation sites is 1. The van der Waals surface area contributed by atoms with E-state index < -0.39 is 11.7 Å². The first-order valence-electron chi connectivity index (χ1n) is 4.92. The first kappa shape index (κ1) is 10.9. The number of aromatic hydroxyl groups is 2. The van der Waals surface area contributed by atoms with Crippen molar-refractivity contribution >= 4 is 11.7 Å². The molecule has 5 heteroatoms. The van der Waals surface area contributed by atoms with Crippen molar-refractivity contribution in [2.24, 2.45) is 0 Å². The Morgan fingerprint density at radius 2 is 1.94 bits per heavy atom. The molecule has 0 spiro atoms. The second-order valence-corrected chi connectivity index (χ2v) is 3.34. The summed E-state index contributed by atoms with van der Waals surface area (Å²) in [5, 5.41) is 21.3. The van der Waals surface area contributed by atoms with Crippen LogP contribution in [-0.2, 0) is 0 Å². The van der Waals surface area contributed by atoms with Gasteiger partial charge in [0.25, 0.3) is 5.91 Å². The average molecular weight is 230 g/mol. The average Bonchev–Trinajstić information content (AvgIpc) is 2.34. The fourth-order valence-electron chi connectivity index (χ4n) is 1.33. The van der Waals surface area contributed by atoms with E-state index in [-0.39, 0.29) is 11.3 Å². The molecule has 0 saturated carbocycles. The Morgan fingerprint density at radius 1 is 1.12 bits per heavy atom. The van der Waals surface area contributed by atoms with E-state index >= 15 is 0 Å². The van der Waals surface area contributed by atoms with Gasteiger partial charge in [0, 0.05) is 6.20 Å². The normalized spacial score (nSPS) is 9.88. The van der Waals surface area contributed by atoms with Crippen molar-refractivity contribution in [3.05, 3.63) is 48.2 Å². The van der Waals surface area contributed by atoms with Gasteiger partial charge < -0.3 is 15.5 Å². The number of amides is 1. The first-order valence-corrected chi connectivity index (χ1v) is 4.92. The minimum Gasteiger partial charge on any atom is -0.504 e. The molecule has 0 atom stereocenters. The molecular formula is C12H10N2O3. The van der Waals surface area contributed by atoms with Gasteiger partial charge in [-0.1, -0.05) is 12.1 Å². The highest BCUT2D eigenvalue weighted by Crippen LogP contribution is 2.28. The lowest BCUT2D eigenvalue weighted by Gasteiger charge is -2.06. The lowest BCUT2D eigenvalue weighted by atomic mass is 10.1. The molecule has 0 aliphatic heterocycles. The van der Waals surface area contributed by atoms with Gasteiger partial charge in [-0.25, -0.2) is 4.98 Å². The maximum Gasteiger partial charge on any atom is 0.260 e. The molecule has 0 bridgehead atoms. The number of carbonyl (C=O) groups is 1. The van der Waals surface area contributed by atoms with Crippen LogP contribution in [0.15, 0.2) is 42.6 Å². The lowest BCUT2D eigenvalue weighted by Crippen LogP contribution is -2.12. The van der Waals surface area contributed by atoms with E-state index in [9.17, 15) is 15.0 Å². The summed E-state index contributed by atoms with van der Waals surface area (Å²) in [6.45, 7) is 0. The number of pyridine rings is 1. The van der Waals surface area contributed by atoms with E-state index in [0.29, 0.717) is 5.82 Å². The molecular weight excluding hydrogens is 220 g/mol. The van der Waals surface area contributed by atoms with E-state index in [1.165, 1.54) is 24.4 Å². The van der Waals surface area contributed by atoms with Gasteiger partial charge in [0.15, 0.2) is 11.5 Å². The third kappa shape index (κ3) is 2.34. The summed E-state index contributed by atoms with van der Waals surface area (Å²) in [5.74, 6) is -0.933. The zero-order chi connectivity index (χ0) is 12.3. The monoisotopic (exact) mass is 230 g/mol. The highest BCUT2D eigenvalue weighted by atomic mass is 16.3. The molecule has 1 aromatic carbocycles. The summed E-state index contributed by atoms with van der Waals surface area (Å²) in [7, 11) is 0. The summed E-state index contributed by atoms with van der Waals surface area (Å²) in [6.07, 6.45) is 1.54. The van der Waals surface area contributed by atoms with E-state index in [2.05, 4.69) is 10.3 Å². The minimum absolute atomic E-state index is 0.00402. The number of phenolic OH excluding ortho intramolecular Hbond substituents is 2. The Hall–Kier alpha value is -2.56. The van der Waals surface area contributed by atoms with Crippen molar-refractivity contribution in [2.45, 2.75) is 0 Å². The number of aromatic nitrogens is 1. The molecule has 2 aromatic rings. The number of nitrogens with zero attached hydrogens (tertiary/aromatic N) is 1. The number of rotatable bonds is 2. The van der Waals surface area contributed by atoms with Gasteiger partial charge in [-0.3, -0.25) is 4.79 Å². The number of nitrogens with one attached hydrogen (secondary N) is 1. The predicted molar refractivity (Wildman–Crippen MR) is 62.0 cm³/mol. The number of carbonyl (C=O) groups excluding carboxylic acids is 1. The van der Waals surface area contributed by atoms with Crippen LogP contribution >= 0.6 is 0 Å². The molecule has 0 unspecified atom stereocenters. The standard InChI is InChI=1S/C12H10N2O3/c15-9-5-3-4-8(11(9)16)12(17)14-10-6-1-2-7-13-10/h1-7,15-16H,(H,13,14,17). The Kier molecular flexibility index (Phi) is 2.91. The van der Waals surface area contributed by atoms with Crippen molar-refractivity contribution in [3.8, 4) is 11.5 Å². The van der Waals surface area contributed by atoms with Crippen LogP contribution in [0.3, 0.4) is 0 Å². The van der Waals surface area contributed by atoms with Crippen LogP contribution in [0.2, 0.25) is 0 Å². The molecule has 0 aliphatic carbocycles. The number of hydrogen-bond donors (Lipinski definition) is 3. The van der Waals surface area contributed by atoms with Crippen LogP contribution in [0.1, 0.15) is 10.4 Å². The van der Waals surface area contributed by atoms with Crippen LogP contribution in [0.4, 0.5) is 5.82 Å². The van der Waals surface area contributed by atoms with Gasteiger partial charge >= 0.3 is 0 Å². The summed E-state index contributed by atoms with van der Waals surface area (Å²) >= 11 is 0. The zero-order valence-electron chi connectivity index (χ0n) is 8.79. The number of hydrogen-bond acceptors (Lipinski definition) is 4. The van der Waals surface area contributed by atoms with Crippen LogP contribution < -0.4 is 5.32 Å². The molecule has 5 nitrogen and oxygen atoms in total. The molecule has 17 heavy (non-hydrogen) atoms. The summed E-state index contributed by atoms with van der Waals surface area (Å²) in [6, 6.07) is 9.26. The number of benzene rings is 1. The van der Waals surface area contributed by atoms with E-state index in [1.807, 2.05) is 0 Å². The molecule has 2 rings (SSSR count). The predicted octanol–water partition coefficient (Wildman–Crippen LogP) is 1.75. The Morgan fingerprint density at radius 3 is 2.65 bits per heavy atom. The molecule has 3 N–H and O–H groups in total. The summed E-state index contributed by atoms with van der Waals surface area (Å²) < 4.78 is 0. The van der Waals surface area contributed by atoms with Crippen molar-refractivity contribution < 1.29 is 15.0 Å². The smallest absolute Gasteiger partial charge is 0.260 e. The molecule has 86 valence electrons. The minimum atomic E-state index is -0.530. The van der Waals surface area contributed by atoms with Gasteiger partial charge in [0.1, 0.15) is 5.82 Å². The van der Waals surface area contributed by atoms with Crippen molar-refractivity contribution in [3.63, 3.8) is 0 Å². The molecule has 1 heterocycles. The van der Waals surface area contributed by atoms with Crippen LogP contribution in [0.25, 0.3) is 0 Å². The van der Waals surface area contributed by atoms with Gasteiger partial charge in [-0.05, 0) is 24.3 Å². The third-order valence-electron chi connectivity index (χ3n) is 2.17. The molecule has 0 saturated heterocycles. The largest absolute Gasteiger partial charge is 0.504 e. The summed E-state index contributed by atoms with van der Waals surface area (Å²) in [4.78, 5) is 15.7. The fraction of sp³-hybridized carbons (Fsp3) is 0. The van der Waals surface area contributed by atoms with Gasteiger partial charge in [0.05, 0.1) is 5.56 Å². The number of anilines is 1. The Labute approximate surface area is 97.4 Å². The first-order chi connectivity index (χ1) is 8.18. The molecule has 0 aliphatic rings. The lowest BCUT2D eigenvalue weighted by molar-refractivity contribution is 0.102. The van der Waals surface area contributed by atoms with E-state index in [4.69, 9.17) is 0 Å². The second-order valence-electron chi connectivity index (χ2n) is 3.34. The molecule has 1 aromatic heterocycles. The third-order valence-corrected chi connectivity index (χ3v) is 2.17. The van der Waals surface area contributed by atoms with E-state index in [1.54, 1.807) is 18.2 Å². The summed E-state index contributed by atoms with van der Waals surface area (Å²) in [5.41, 5.74) is -0.00402. The highest BCUT2D eigenvalue weighted by Gasteiger charge is 2.13. The van der Waals surface area contributed by atoms with E-state index in [0.717, 1.165) is 0 Å². The van der Waals surface area contributed by atoms with Gasteiger partial charge in [-0.2, -0.15) is 0 Å². The zero-order valence-corrected chi connectivity index (χ0v) is 8.79. The van der Waals surface area contributed by atoms with Crippen molar-refractivity contribution in [1.82, 2.24) is 4.98 Å². The topological polar surface area (TPSA) is 82.5 Å². The second kappa shape index (κ2) is 4.52. The maximum absolute atomic E-state index is 11.8. The quantitative estimate of drug-likeness (QED) is 0.686. The Bertz CT molecular complexity index is 541. The van der Waals surface area contributed by atoms with Crippen molar-refractivity contribution in [2.75, 3.05) is 5.32 Å². The van der Waals surface area contributed by atoms with Crippen LogP contribution in [0.5, 0.6) is 11.5 Å². The fourth-order valence-corrected chi connectivity index (χ4v) is 1.33. The molecule has 1 amide bonds. The van der Waals surface area contributed by atoms with Gasteiger partial charge in [-0.15, -0.1) is 0 Å². The van der Waals surface area contributed by atoms with Gasteiger partial charge in [0.2, 0.25) is 0 Å². The van der Waals surface area contributed by atoms with Crippen molar-refractivity contribution in [1.29, 1.82) is 0 Å². The van der Waals surface area contributed by atoms with Crippen LogP contribution in [-0.4, -0.2) is 21.1 Å².